The molecular formula is C23H20N4O2. The molecule has 144 valence electrons. The number of nitrogens with zero attached hydrogens (tertiary/aromatic N) is 3. The van der Waals surface area contributed by atoms with Crippen LogP contribution in [0.2, 0.25) is 0 Å². The van der Waals surface area contributed by atoms with Crippen molar-refractivity contribution in [3.63, 3.8) is 0 Å². The van der Waals surface area contributed by atoms with Crippen LogP contribution in [0.4, 0.5) is 0 Å². The van der Waals surface area contributed by atoms with Crippen molar-refractivity contribution in [3.05, 3.63) is 84.6 Å². The zero-order valence-electron chi connectivity index (χ0n) is 16.0. The van der Waals surface area contributed by atoms with Crippen molar-refractivity contribution in [3.8, 4) is 11.1 Å². The number of hydrogen-bond donors (Lipinski definition) is 1. The van der Waals surface area contributed by atoms with Gasteiger partial charge < -0.3 is 5.32 Å². The van der Waals surface area contributed by atoms with Gasteiger partial charge in [-0.2, -0.15) is 0 Å². The molecule has 29 heavy (non-hydrogen) atoms. The molecule has 2 heterocycles. The molecule has 0 saturated heterocycles. The molecular weight excluding hydrogens is 364 g/mol. The van der Waals surface area contributed by atoms with E-state index in [4.69, 9.17) is 0 Å². The summed E-state index contributed by atoms with van der Waals surface area (Å²) in [7, 11) is 0. The predicted molar refractivity (Wildman–Crippen MR) is 111 cm³/mol. The van der Waals surface area contributed by atoms with Crippen LogP contribution in [0.3, 0.4) is 0 Å². The molecule has 6 nitrogen and oxygen atoms in total. The van der Waals surface area contributed by atoms with Crippen LogP contribution in [0, 0.1) is 0 Å². The van der Waals surface area contributed by atoms with E-state index in [2.05, 4.69) is 21.4 Å². The van der Waals surface area contributed by atoms with E-state index in [1.807, 2.05) is 43.5 Å². The maximum atomic E-state index is 12.3. The summed E-state index contributed by atoms with van der Waals surface area (Å²) in [5.41, 5.74) is 4.29. The highest BCUT2D eigenvalue weighted by Gasteiger charge is 2.09. The van der Waals surface area contributed by atoms with Gasteiger partial charge in [-0.1, -0.05) is 25.1 Å². The molecule has 0 radical (unpaired) electrons. The van der Waals surface area contributed by atoms with Crippen molar-refractivity contribution in [2.75, 3.05) is 0 Å². The first-order valence-electron chi connectivity index (χ1n) is 9.43. The lowest BCUT2D eigenvalue weighted by Crippen LogP contribution is -2.23. The summed E-state index contributed by atoms with van der Waals surface area (Å²) in [4.78, 5) is 32.3. The lowest BCUT2D eigenvalue weighted by Gasteiger charge is -2.07. The van der Waals surface area contributed by atoms with Gasteiger partial charge in [-0.25, -0.2) is 9.97 Å². The van der Waals surface area contributed by atoms with Crippen molar-refractivity contribution >= 4 is 22.7 Å². The average Bonchev–Trinajstić information content (AvgIpc) is 3.21. The quantitative estimate of drug-likeness (QED) is 0.562. The van der Waals surface area contributed by atoms with E-state index < -0.39 is 0 Å². The molecule has 2 aromatic heterocycles. The molecule has 4 aromatic rings. The number of rotatable bonds is 5. The minimum absolute atomic E-state index is 0.0741. The Kier molecular flexibility index (Phi) is 5.16. The largest absolute Gasteiger partial charge is 0.346 e. The number of hydrogen-bond acceptors (Lipinski definition) is 4. The van der Waals surface area contributed by atoms with Crippen LogP contribution < -0.4 is 5.32 Å². The fourth-order valence-electron chi connectivity index (χ4n) is 3.22. The first-order valence-corrected chi connectivity index (χ1v) is 9.43. The third-order valence-corrected chi connectivity index (χ3v) is 4.82. The average molecular weight is 384 g/mol. The minimum atomic E-state index is -0.152. The van der Waals surface area contributed by atoms with Gasteiger partial charge >= 0.3 is 0 Å². The van der Waals surface area contributed by atoms with Crippen molar-refractivity contribution in [2.24, 2.45) is 0 Å². The standard InChI is InChI=1S/C23H20N4O2/c1-2-22(28)27-12-10-19-13-18(7-8-21(19)27)16-3-5-17(6-4-16)23(29)25-14-20-9-11-24-15-26-20/h3-13,15H,2,14H2,1H3,(H,25,29). The molecule has 0 bridgehead atoms. The van der Waals surface area contributed by atoms with Crippen molar-refractivity contribution in [2.45, 2.75) is 19.9 Å². The Balaban J connectivity index is 1.50. The summed E-state index contributed by atoms with van der Waals surface area (Å²) in [6.07, 6.45) is 5.38. The van der Waals surface area contributed by atoms with E-state index in [-0.39, 0.29) is 11.8 Å². The summed E-state index contributed by atoms with van der Waals surface area (Å²) >= 11 is 0. The zero-order valence-corrected chi connectivity index (χ0v) is 16.0. The third kappa shape index (κ3) is 3.91. The number of benzene rings is 2. The van der Waals surface area contributed by atoms with Crippen LogP contribution in [0.5, 0.6) is 0 Å². The van der Waals surface area contributed by atoms with E-state index in [9.17, 15) is 9.59 Å². The fourth-order valence-corrected chi connectivity index (χ4v) is 3.22. The van der Waals surface area contributed by atoms with Crippen molar-refractivity contribution in [1.82, 2.24) is 19.9 Å². The Morgan fingerprint density at radius 3 is 2.52 bits per heavy atom. The Morgan fingerprint density at radius 2 is 1.79 bits per heavy atom. The second kappa shape index (κ2) is 8.06. The summed E-state index contributed by atoms with van der Waals surface area (Å²) in [5.74, 6) is -0.0779. The Hall–Kier alpha value is -3.80. The predicted octanol–water partition coefficient (Wildman–Crippen LogP) is 4.08. The van der Waals surface area contributed by atoms with E-state index in [1.54, 1.807) is 29.0 Å². The maximum absolute atomic E-state index is 12.3. The molecule has 0 unspecified atom stereocenters. The topological polar surface area (TPSA) is 76.9 Å². The van der Waals surface area contributed by atoms with Crippen molar-refractivity contribution < 1.29 is 9.59 Å². The number of amides is 1. The minimum Gasteiger partial charge on any atom is -0.346 e. The molecule has 0 aliphatic rings. The smallest absolute Gasteiger partial charge is 0.251 e. The van der Waals surface area contributed by atoms with Crippen LogP contribution in [-0.2, 0) is 6.54 Å². The Morgan fingerprint density at radius 1 is 1.00 bits per heavy atom. The lowest BCUT2D eigenvalue weighted by molar-refractivity contribution is 0.0912. The van der Waals surface area contributed by atoms with Crippen LogP contribution in [0.15, 0.2) is 73.3 Å². The normalized spacial score (nSPS) is 10.8. The molecule has 0 aliphatic heterocycles. The summed E-state index contributed by atoms with van der Waals surface area (Å²) in [5, 5.41) is 3.86. The van der Waals surface area contributed by atoms with E-state index in [0.29, 0.717) is 18.5 Å². The first kappa shape index (κ1) is 18.6. The molecule has 0 atom stereocenters. The van der Waals surface area contributed by atoms with Gasteiger partial charge in [0.1, 0.15) is 6.33 Å². The third-order valence-electron chi connectivity index (χ3n) is 4.82. The van der Waals surface area contributed by atoms with Gasteiger partial charge in [0.2, 0.25) is 5.91 Å². The molecule has 2 aromatic carbocycles. The summed E-state index contributed by atoms with van der Waals surface area (Å²) in [6.45, 7) is 2.21. The SMILES string of the molecule is CCC(=O)n1ccc2cc(-c3ccc(C(=O)NCc4ccncn4)cc3)ccc21. The molecule has 1 N–H and O–H groups in total. The molecule has 0 aliphatic carbocycles. The first-order chi connectivity index (χ1) is 14.2. The fraction of sp³-hybridized carbons (Fsp3) is 0.130. The molecule has 6 heteroatoms. The highest BCUT2D eigenvalue weighted by atomic mass is 16.2. The highest BCUT2D eigenvalue weighted by molar-refractivity contribution is 5.96. The van der Waals surface area contributed by atoms with Crippen LogP contribution in [0.1, 0.15) is 34.2 Å². The molecule has 0 fully saturated rings. The molecule has 0 saturated carbocycles. The number of nitrogens with one attached hydrogen (secondary N) is 1. The van der Waals surface area contributed by atoms with Gasteiger partial charge in [0.15, 0.2) is 0 Å². The second-order valence-corrected chi connectivity index (χ2v) is 6.67. The second-order valence-electron chi connectivity index (χ2n) is 6.67. The molecule has 1 amide bonds. The number of aromatic nitrogens is 3. The van der Waals surface area contributed by atoms with Gasteiger partial charge in [0.25, 0.3) is 5.91 Å². The van der Waals surface area contributed by atoms with Crippen molar-refractivity contribution in [1.29, 1.82) is 0 Å². The van der Waals surface area contributed by atoms with Gasteiger partial charge in [0.05, 0.1) is 17.8 Å². The van der Waals surface area contributed by atoms with E-state index >= 15 is 0 Å². The van der Waals surface area contributed by atoms with Crippen LogP contribution in [0.25, 0.3) is 22.0 Å². The molecule has 0 spiro atoms. The number of fused-ring (bicyclic) bond motifs is 1. The number of carbonyl (C=O) groups is 2. The number of carbonyl (C=O) groups excluding carboxylic acids is 2. The Labute approximate surface area is 168 Å². The Bertz CT molecular complexity index is 1160. The maximum Gasteiger partial charge on any atom is 0.251 e. The monoisotopic (exact) mass is 384 g/mol. The highest BCUT2D eigenvalue weighted by Crippen LogP contribution is 2.26. The van der Waals surface area contributed by atoms with E-state index in [0.717, 1.165) is 27.7 Å². The van der Waals surface area contributed by atoms with Gasteiger partial charge in [-0.05, 0) is 47.5 Å². The lowest BCUT2D eigenvalue weighted by atomic mass is 10.0. The summed E-state index contributed by atoms with van der Waals surface area (Å²) < 4.78 is 1.68. The molecule has 4 rings (SSSR count). The van der Waals surface area contributed by atoms with Gasteiger partial charge in [0, 0.05) is 29.8 Å². The van der Waals surface area contributed by atoms with Gasteiger partial charge in [-0.3, -0.25) is 14.2 Å². The van der Waals surface area contributed by atoms with Crippen LogP contribution in [-0.4, -0.2) is 26.3 Å². The van der Waals surface area contributed by atoms with Crippen LogP contribution >= 0.6 is 0 Å². The zero-order chi connectivity index (χ0) is 20.2. The van der Waals surface area contributed by atoms with Gasteiger partial charge in [-0.15, -0.1) is 0 Å². The summed E-state index contributed by atoms with van der Waals surface area (Å²) in [6, 6.07) is 17.2. The van der Waals surface area contributed by atoms with E-state index in [1.165, 1.54) is 6.33 Å².